The quantitative estimate of drug-likeness (QED) is 0.0346. The van der Waals surface area contributed by atoms with Gasteiger partial charge in [-0.1, -0.05) is 240 Å². The summed E-state index contributed by atoms with van der Waals surface area (Å²) in [4.78, 5) is 37.9. The Labute approximate surface area is 355 Å². The maximum Gasteiger partial charge on any atom is 0.306 e. The second-order valence-electron chi connectivity index (χ2n) is 18.4. The van der Waals surface area contributed by atoms with E-state index in [-0.39, 0.29) is 31.1 Å². The summed E-state index contributed by atoms with van der Waals surface area (Å²) in [7, 11) is 0. The first-order chi connectivity index (χ1) is 27.7. The van der Waals surface area contributed by atoms with E-state index >= 15 is 0 Å². The van der Waals surface area contributed by atoms with Gasteiger partial charge in [0.15, 0.2) is 6.10 Å². The number of hydrogen-bond donors (Lipinski definition) is 0. The van der Waals surface area contributed by atoms with Crippen molar-refractivity contribution in [3.63, 3.8) is 0 Å². The number of carbonyl (C=O) groups is 3. The van der Waals surface area contributed by atoms with Gasteiger partial charge in [0.1, 0.15) is 13.2 Å². The summed E-state index contributed by atoms with van der Waals surface area (Å²) in [5.41, 5.74) is 0. The average Bonchev–Trinajstić information content (AvgIpc) is 3.18. The highest BCUT2D eigenvalue weighted by Crippen LogP contribution is 2.17. The Balaban J connectivity index is 4.31. The summed E-state index contributed by atoms with van der Waals surface area (Å²) in [5, 5.41) is 0. The fraction of sp³-hybridized carbons (Fsp3) is 0.941. The van der Waals surface area contributed by atoms with Crippen molar-refractivity contribution in [3.8, 4) is 0 Å². The maximum atomic E-state index is 12.7. The molecule has 0 aromatic heterocycles. The molecular formula is C51H98O6. The predicted octanol–water partition coefficient (Wildman–Crippen LogP) is 16.1. The van der Waals surface area contributed by atoms with Crippen molar-refractivity contribution in [3.05, 3.63) is 0 Å². The lowest BCUT2D eigenvalue weighted by atomic mass is 10.0. The topological polar surface area (TPSA) is 78.9 Å². The molecule has 0 amide bonds. The minimum atomic E-state index is -0.761. The monoisotopic (exact) mass is 807 g/mol. The number of ether oxygens (including phenoxy) is 3. The normalized spacial score (nSPS) is 12.1. The van der Waals surface area contributed by atoms with Crippen LogP contribution in [0.4, 0.5) is 0 Å². The minimum Gasteiger partial charge on any atom is -0.462 e. The molecule has 0 aliphatic heterocycles. The van der Waals surface area contributed by atoms with Crippen LogP contribution in [0, 0.1) is 11.8 Å². The molecule has 0 aromatic carbocycles. The van der Waals surface area contributed by atoms with E-state index in [0.29, 0.717) is 19.3 Å². The van der Waals surface area contributed by atoms with Crippen molar-refractivity contribution >= 4 is 17.9 Å². The van der Waals surface area contributed by atoms with Crippen LogP contribution < -0.4 is 0 Å². The molecule has 0 radical (unpaired) electrons. The molecule has 0 aromatic rings. The molecule has 57 heavy (non-hydrogen) atoms. The van der Waals surface area contributed by atoms with Crippen molar-refractivity contribution in [2.75, 3.05) is 13.2 Å². The zero-order chi connectivity index (χ0) is 41.9. The van der Waals surface area contributed by atoms with Gasteiger partial charge in [-0.3, -0.25) is 14.4 Å². The molecule has 338 valence electrons. The van der Waals surface area contributed by atoms with Gasteiger partial charge in [0.2, 0.25) is 0 Å². The Bertz CT molecular complexity index is 870. The van der Waals surface area contributed by atoms with Crippen molar-refractivity contribution in [2.45, 2.75) is 285 Å². The van der Waals surface area contributed by atoms with E-state index in [1.807, 2.05) is 0 Å². The van der Waals surface area contributed by atoms with Crippen LogP contribution in [-0.4, -0.2) is 37.2 Å². The number of esters is 3. The molecular weight excluding hydrogens is 709 g/mol. The molecule has 0 unspecified atom stereocenters. The highest BCUT2D eigenvalue weighted by Gasteiger charge is 2.19. The molecule has 6 nitrogen and oxygen atoms in total. The van der Waals surface area contributed by atoms with Gasteiger partial charge in [-0.2, -0.15) is 0 Å². The fourth-order valence-electron chi connectivity index (χ4n) is 7.64. The minimum absolute atomic E-state index is 0.0643. The van der Waals surface area contributed by atoms with Crippen LogP contribution in [-0.2, 0) is 28.6 Å². The van der Waals surface area contributed by atoms with Crippen LogP contribution in [0.15, 0.2) is 0 Å². The number of hydrogen-bond acceptors (Lipinski definition) is 6. The zero-order valence-corrected chi connectivity index (χ0v) is 39.0. The summed E-state index contributed by atoms with van der Waals surface area (Å²) in [5.74, 6) is 0.768. The van der Waals surface area contributed by atoms with Gasteiger partial charge in [0.25, 0.3) is 0 Å². The van der Waals surface area contributed by atoms with E-state index in [2.05, 4.69) is 34.6 Å². The van der Waals surface area contributed by atoms with Crippen LogP contribution >= 0.6 is 0 Å². The molecule has 0 aliphatic rings. The first-order valence-corrected chi connectivity index (χ1v) is 25.2. The summed E-state index contributed by atoms with van der Waals surface area (Å²) in [6.45, 7) is 11.3. The first-order valence-electron chi connectivity index (χ1n) is 25.2. The van der Waals surface area contributed by atoms with Crippen LogP contribution in [0.3, 0.4) is 0 Å². The van der Waals surface area contributed by atoms with Crippen molar-refractivity contribution in [1.82, 2.24) is 0 Å². The Morgan fingerprint density at radius 1 is 0.333 bits per heavy atom. The largest absolute Gasteiger partial charge is 0.462 e. The van der Waals surface area contributed by atoms with Crippen LogP contribution in [0.1, 0.15) is 279 Å². The fourth-order valence-corrected chi connectivity index (χ4v) is 7.64. The molecule has 0 N–H and O–H groups in total. The lowest BCUT2D eigenvalue weighted by molar-refractivity contribution is -0.167. The smallest absolute Gasteiger partial charge is 0.306 e. The average molecular weight is 807 g/mol. The highest BCUT2D eigenvalue weighted by atomic mass is 16.6. The summed E-state index contributed by atoms with van der Waals surface area (Å²) in [6, 6.07) is 0. The van der Waals surface area contributed by atoms with E-state index in [1.54, 1.807) is 0 Å². The molecule has 0 rings (SSSR count). The molecule has 6 heteroatoms. The van der Waals surface area contributed by atoms with Gasteiger partial charge < -0.3 is 14.2 Å². The Hall–Kier alpha value is -1.59. The van der Waals surface area contributed by atoms with Gasteiger partial charge in [-0.25, -0.2) is 0 Å². The molecule has 0 aliphatic carbocycles. The van der Waals surface area contributed by atoms with E-state index < -0.39 is 6.10 Å². The first kappa shape index (κ1) is 55.4. The molecule has 0 fully saturated rings. The van der Waals surface area contributed by atoms with Gasteiger partial charge in [-0.05, 0) is 31.1 Å². The third kappa shape index (κ3) is 45.3. The Kier molecular flexibility index (Phi) is 42.7. The summed E-state index contributed by atoms with van der Waals surface area (Å²) >= 11 is 0. The molecule has 0 saturated heterocycles. The predicted molar refractivity (Wildman–Crippen MR) is 243 cm³/mol. The second kappa shape index (κ2) is 44.0. The summed E-state index contributed by atoms with van der Waals surface area (Å²) in [6.07, 6.45) is 43.7. The van der Waals surface area contributed by atoms with E-state index in [9.17, 15) is 14.4 Å². The van der Waals surface area contributed by atoms with E-state index in [1.165, 1.54) is 167 Å². The third-order valence-corrected chi connectivity index (χ3v) is 11.5. The van der Waals surface area contributed by atoms with Gasteiger partial charge in [0.05, 0.1) is 0 Å². The van der Waals surface area contributed by atoms with Crippen LogP contribution in [0.25, 0.3) is 0 Å². The lowest BCUT2D eigenvalue weighted by Crippen LogP contribution is -2.30. The van der Waals surface area contributed by atoms with Crippen LogP contribution in [0.2, 0.25) is 0 Å². The highest BCUT2D eigenvalue weighted by molar-refractivity contribution is 5.71. The van der Waals surface area contributed by atoms with Gasteiger partial charge in [-0.15, -0.1) is 0 Å². The number of rotatable bonds is 45. The standard InChI is InChI=1S/C51H98O6/c1-6-7-8-9-10-11-12-13-14-17-20-26-31-36-41-49(52)55-44-48(57-51(54)43-38-33-28-23-22-25-30-35-40-47(4)5)45-56-50(53)42-37-32-27-21-18-15-16-19-24-29-34-39-46(2)3/h46-48H,6-45H2,1-5H3/t48-/m0/s1. The Morgan fingerprint density at radius 3 is 0.860 bits per heavy atom. The SMILES string of the molecule is CCCCCCCCCCCCCCCCC(=O)OC[C@@H](COC(=O)CCCCCCCCCCCCCC(C)C)OC(=O)CCCCCCCCCCC(C)C. The van der Waals surface area contributed by atoms with Crippen molar-refractivity contribution in [2.24, 2.45) is 11.8 Å². The zero-order valence-electron chi connectivity index (χ0n) is 39.0. The molecule has 0 heterocycles. The van der Waals surface area contributed by atoms with Gasteiger partial charge >= 0.3 is 17.9 Å². The van der Waals surface area contributed by atoms with Crippen molar-refractivity contribution in [1.29, 1.82) is 0 Å². The number of carbonyl (C=O) groups excluding carboxylic acids is 3. The van der Waals surface area contributed by atoms with Crippen LogP contribution in [0.5, 0.6) is 0 Å². The molecule has 1 atom stereocenters. The van der Waals surface area contributed by atoms with E-state index in [0.717, 1.165) is 69.6 Å². The van der Waals surface area contributed by atoms with Crippen molar-refractivity contribution < 1.29 is 28.6 Å². The van der Waals surface area contributed by atoms with Gasteiger partial charge in [0, 0.05) is 19.3 Å². The molecule has 0 saturated carbocycles. The Morgan fingerprint density at radius 2 is 0.579 bits per heavy atom. The molecule has 0 bridgehead atoms. The third-order valence-electron chi connectivity index (χ3n) is 11.5. The lowest BCUT2D eigenvalue weighted by Gasteiger charge is -2.18. The maximum absolute atomic E-state index is 12.7. The number of unbranched alkanes of at least 4 members (excludes halogenated alkanes) is 30. The second-order valence-corrected chi connectivity index (χ2v) is 18.4. The molecule has 0 spiro atoms. The van der Waals surface area contributed by atoms with E-state index in [4.69, 9.17) is 14.2 Å². The summed E-state index contributed by atoms with van der Waals surface area (Å²) < 4.78 is 16.8.